The predicted octanol–water partition coefficient (Wildman–Crippen LogP) is 3.57. The Morgan fingerprint density at radius 2 is 2.11 bits per heavy atom. The Bertz CT molecular complexity index is 574. The first-order chi connectivity index (χ1) is 8.85. The molecule has 0 radical (unpaired) electrons. The quantitative estimate of drug-likeness (QED) is 0.926. The Labute approximate surface area is 126 Å². The first-order valence-corrected chi connectivity index (χ1v) is 7.13. The summed E-state index contributed by atoms with van der Waals surface area (Å²) in [6.07, 6.45) is 3.58. The Morgan fingerprint density at radius 3 is 2.68 bits per heavy atom. The normalized spacial score (nSPS) is 11.8. The van der Waals surface area contributed by atoms with Gasteiger partial charge in [0.15, 0.2) is 5.82 Å². The van der Waals surface area contributed by atoms with E-state index < -0.39 is 0 Å². The zero-order valence-corrected chi connectivity index (χ0v) is 13.5. The number of aromatic nitrogens is 3. The van der Waals surface area contributed by atoms with Gasteiger partial charge in [-0.3, -0.25) is 0 Å². The summed E-state index contributed by atoms with van der Waals surface area (Å²) < 4.78 is 2.62. The van der Waals surface area contributed by atoms with Gasteiger partial charge in [-0.25, -0.2) is 9.67 Å². The van der Waals surface area contributed by atoms with Crippen molar-refractivity contribution in [2.75, 3.05) is 0 Å². The smallest absolute Gasteiger partial charge is 0.153 e. The predicted molar refractivity (Wildman–Crippen MR) is 80.7 cm³/mol. The highest BCUT2D eigenvalue weighted by Crippen LogP contribution is 2.18. The van der Waals surface area contributed by atoms with Crippen molar-refractivity contribution in [2.45, 2.75) is 32.9 Å². The number of nitrogens with zero attached hydrogens (tertiary/aromatic N) is 3. The van der Waals surface area contributed by atoms with Crippen LogP contribution in [-0.2, 0) is 6.54 Å². The molecule has 0 saturated carbocycles. The molecule has 6 heteroatoms. The van der Waals surface area contributed by atoms with Crippen LogP contribution in [0.25, 0.3) is 5.82 Å². The van der Waals surface area contributed by atoms with E-state index in [2.05, 4.69) is 52.1 Å². The van der Waals surface area contributed by atoms with E-state index in [0.717, 1.165) is 16.0 Å². The Balaban J connectivity index is 2.24. The highest BCUT2D eigenvalue weighted by Gasteiger charge is 2.12. The molecule has 0 bridgehead atoms. The third kappa shape index (κ3) is 4.03. The molecule has 0 spiro atoms. The summed E-state index contributed by atoms with van der Waals surface area (Å²) in [6, 6.07) is 3.70. The molecule has 2 aromatic heterocycles. The van der Waals surface area contributed by atoms with E-state index >= 15 is 0 Å². The van der Waals surface area contributed by atoms with Gasteiger partial charge in [-0.1, -0.05) is 11.6 Å². The molecule has 0 amide bonds. The van der Waals surface area contributed by atoms with Crippen LogP contribution in [0.2, 0.25) is 5.02 Å². The Kier molecular flexibility index (Phi) is 4.28. The number of nitrogens with one attached hydrogen (secondary N) is 1. The largest absolute Gasteiger partial charge is 0.306 e. The van der Waals surface area contributed by atoms with Crippen molar-refractivity contribution in [3.05, 3.63) is 39.7 Å². The van der Waals surface area contributed by atoms with Crippen molar-refractivity contribution in [3.8, 4) is 5.82 Å². The van der Waals surface area contributed by atoms with Crippen LogP contribution < -0.4 is 5.32 Å². The molecule has 0 aliphatic heterocycles. The molecule has 0 aliphatic carbocycles. The van der Waals surface area contributed by atoms with Crippen molar-refractivity contribution in [1.82, 2.24) is 20.1 Å². The average molecular weight is 344 g/mol. The molecule has 0 aromatic carbocycles. The molecule has 2 aromatic rings. The number of hydrogen-bond donors (Lipinski definition) is 1. The molecule has 0 saturated heterocycles. The third-order valence-electron chi connectivity index (χ3n) is 2.48. The van der Waals surface area contributed by atoms with Gasteiger partial charge in [0.25, 0.3) is 0 Å². The van der Waals surface area contributed by atoms with Crippen molar-refractivity contribution >= 4 is 27.5 Å². The summed E-state index contributed by atoms with van der Waals surface area (Å²) in [7, 11) is 0. The molecule has 0 fully saturated rings. The van der Waals surface area contributed by atoms with Crippen LogP contribution in [0.1, 0.15) is 26.5 Å². The lowest BCUT2D eigenvalue weighted by Gasteiger charge is -2.20. The third-order valence-corrected chi connectivity index (χ3v) is 3.23. The van der Waals surface area contributed by atoms with Crippen LogP contribution in [0.15, 0.2) is 29.0 Å². The average Bonchev–Trinajstić information content (AvgIpc) is 2.74. The lowest BCUT2D eigenvalue weighted by atomic mass is 10.1. The van der Waals surface area contributed by atoms with Crippen LogP contribution >= 0.6 is 27.5 Å². The van der Waals surface area contributed by atoms with Gasteiger partial charge in [-0.15, -0.1) is 0 Å². The topological polar surface area (TPSA) is 42.7 Å². The molecule has 2 heterocycles. The standard InChI is InChI=1S/C13H16BrClN4/c1-13(2,3)16-7-11-10(15)4-5-12(18-11)19-8-9(14)6-17-19/h4-6,8,16H,7H2,1-3H3. The van der Waals surface area contributed by atoms with E-state index in [1.807, 2.05) is 18.3 Å². The highest BCUT2D eigenvalue weighted by molar-refractivity contribution is 9.10. The van der Waals surface area contributed by atoms with Crippen LogP contribution in [0, 0.1) is 0 Å². The molecular weight excluding hydrogens is 328 g/mol. The minimum Gasteiger partial charge on any atom is -0.306 e. The van der Waals surface area contributed by atoms with E-state index in [4.69, 9.17) is 11.6 Å². The number of pyridine rings is 1. The van der Waals surface area contributed by atoms with Crippen molar-refractivity contribution in [2.24, 2.45) is 0 Å². The number of halogens is 2. The first-order valence-electron chi connectivity index (χ1n) is 5.96. The Morgan fingerprint density at radius 1 is 1.37 bits per heavy atom. The SMILES string of the molecule is CC(C)(C)NCc1nc(-n2cc(Br)cn2)ccc1Cl. The molecular formula is C13H16BrClN4. The maximum absolute atomic E-state index is 6.18. The van der Waals surface area contributed by atoms with Crippen molar-refractivity contribution < 1.29 is 0 Å². The highest BCUT2D eigenvalue weighted by atomic mass is 79.9. The zero-order valence-electron chi connectivity index (χ0n) is 11.1. The second-order valence-electron chi connectivity index (χ2n) is 5.30. The minimum atomic E-state index is 0.0236. The minimum absolute atomic E-state index is 0.0236. The summed E-state index contributed by atoms with van der Waals surface area (Å²) in [4.78, 5) is 4.54. The number of hydrogen-bond acceptors (Lipinski definition) is 3. The molecule has 1 N–H and O–H groups in total. The van der Waals surface area contributed by atoms with Crippen molar-refractivity contribution in [3.63, 3.8) is 0 Å². The van der Waals surface area contributed by atoms with Gasteiger partial charge >= 0.3 is 0 Å². The molecule has 0 aliphatic rings. The second-order valence-corrected chi connectivity index (χ2v) is 6.63. The molecule has 4 nitrogen and oxygen atoms in total. The maximum Gasteiger partial charge on any atom is 0.153 e. The number of rotatable bonds is 3. The lowest BCUT2D eigenvalue weighted by molar-refractivity contribution is 0.421. The van der Waals surface area contributed by atoms with Gasteiger partial charge in [0, 0.05) is 18.3 Å². The zero-order chi connectivity index (χ0) is 14.0. The summed E-state index contributed by atoms with van der Waals surface area (Å²) in [5.74, 6) is 0.751. The summed E-state index contributed by atoms with van der Waals surface area (Å²) in [5, 5.41) is 8.25. The fourth-order valence-electron chi connectivity index (χ4n) is 1.50. The van der Waals surface area contributed by atoms with E-state index in [1.165, 1.54) is 0 Å². The van der Waals surface area contributed by atoms with E-state index in [1.54, 1.807) is 10.9 Å². The Hall–Kier alpha value is -0.910. The molecule has 19 heavy (non-hydrogen) atoms. The van der Waals surface area contributed by atoms with Crippen LogP contribution in [0.5, 0.6) is 0 Å². The second kappa shape index (κ2) is 5.61. The fraction of sp³-hybridized carbons (Fsp3) is 0.385. The van der Waals surface area contributed by atoms with Crippen LogP contribution in [0.4, 0.5) is 0 Å². The van der Waals surface area contributed by atoms with E-state index in [-0.39, 0.29) is 5.54 Å². The van der Waals surface area contributed by atoms with Crippen molar-refractivity contribution in [1.29, 1.82) is 0 Å². The van der Waals surface area contributed by atoms with Gasteiger partial charge in [0.1, 0.15) is 0 Å². The van der Waals surface area contributed by atoms with E-state index in [9.17, 15) is 0 Å². The lowest BCUT2D eigenvalue weighted by Crippen LogP contribution is -2.35. The monoisotopic (exact) mass is 342 g/mol. The fourth-order valence-corrected chi connectivity index (χ4v) is 1.96. The van der Waals surface area contributed by atoms with Gasteiger partial charge in [-0.2, -0.15) is 5.10 Å². The van der Waals surface area contributed by atoms with Gasteiger partial charge in [-0.05, 0) is 48.8 Å². The molecule has 0 unspecified atom stereocenters. The van der Waals surface area contributed by atoms with E-state index in [0.29, 0.717) is 11.6 Å². The summed E-state index contributed by atoms with van der Waals surface area (Å²) >= 11 is 9.55. The van der Waals surface area contributed by atoms with Gasteiger partial charge in [0.05, 0.1) is 21.4 Å². The van der Waals surface area contributed by atoms with Gasteiger partial charge < -0.3 is 5.32 Å². The summed E-state index contributed by atoms with van der Waals surface area (Å²) in [5.41, 5.74) is 0.844. The molecule has 2 rings (SSSR count). The van der Waals surface area contributed by atoms with Gasteiger partial charge in [0.2, 0.25) is 0 Å². The molecule has 102 valence electrons. The molecule has 0 atom stereocenters. The first kappa shape index (κ1) is 14.5. The maximum atomic E-state index is 6.18. The summed E-state index contributed by atoms with van der Waals surface area (Å²) in [6.45, 7) is 6.94. The van der Waals surface area contributed by atoms with Crippen LogP contribution in [-0.4, -0.2) is 20.3 Å². The van der Waals surface area contributed by atoms with Crippen LogP contribution in [0.3, 0.4) is 0 Å².